The van der Waals surface area contributed by atoms with Gasteiger partial charge in [0, 0.05) is 11.1 Å². The van der Waals surface area contributed by atoms with Gasteiger partial charge in [0.2, 0.25) is 0 Å². The van der Waals surface area contributed by atoms with E-state index in [1.54, 1.807) is 6.07 Å². The fourth-order valence-electron chi connectivity index (χ4n) is 0.987. The van der Waals surface area contributed by atoms with Crippen molar-refractivity contribution in [3.8, 4) is 5.75 Å². The monoisotopic (exact) mass is 219 g/mol. The van der Waals surface area contributed by atoms with Gasteiger partial charge < -0.3 is 10.4 Å². The number of hydrogen-bond acceptors (Lipinski definition) is 2. The number of phenols is 1. The second kappa shape index (κ2) is 4.07. The maximum Gasteiger partial charge on any atom is 0.157 e. The number of benzene rings is 1. The van der Waals surface area contributed by atoms with Gasteiger partial charge in [-0.2, -0.15) is 0 Å². The van der Waals surface area contributed by atoms with E-state index in [1.807, 2.05) is 13.8 Å². The fourth-order valence-corrected chi connectivity index (χ4v) is 1.48. The minimum absolute atomic E-state index is 0.0415. The number of rotatable bonds is 2. The summed E-state index contributed by atoms with van der Waals surface area (Å²) in [6, 6.07) is 3.37. The Hall–Kier alpha value is -0.600. The molecule has 13 heavy (non-hydrogen) atoms. The van der Waals surface area contributed by atoms with Crippen molar-refractivity contribution in [2.75, 3.05) is 5.32 Å². The Kier molecular flexibility index (Phi) is 3.28. The summed E-state index contributed by atoms with van der Waals surface area (Å²) in [6.45, 7) is 3.93. The van der Waals surface area contributed by atoms with E-state index in [-0.39, 0.29) is 16.8 Å². The van der Waals surface area contributed by atoms with Crippen LogP contribution in [-0.4, -0.2) is 11.1 Å². The molecule has 0 bridgehead atoms. The number of anilines is 1. The van der Waals surface area contributed by atoms with Crippen molar-refractivity contribution < 1.29 is 5.11 Å². The predicted molar refractivity (Wildman–Crippen MR) is 56.9 cm³/mol. The van der Waals surface area contributed by atoms with Crippen molar-refractivity contribution in [1.29, 1.82) is 0 Å². The van der Waals surface area contributed by atoms with Crippen LogP contribution in [0.3, 0.4) is 0 Å². The first-order valence-corrected chi connectivity index (χ1v) is 4.71. The van der Waals surface area contributed by atoms with Crippen LogP contribution < -0.4 is 5.32 Å². The van der Waals surface area contributed by atoms with E-state index in [2.05, 4.69) is 5.32 Å². The Morgan fingerprint density at radius 3 is 2.46 bits per heavy atom. The molecule has 1 aromatic rings. The third-order valence-corrected chi connectivity index (χ3v) is 1.98. The van der Waals surface area contributed by atoms with E-state index in [4.69, 9.17) is 23.2 Å². The third kappa shape index (κ3) is 2.68. The zero-order chi connectivity index (χ0) is 10.0. The summed E-state index contributed by atoms with van der Waals surface area (Å²) in [4.78, 5) is 0. The normalized spacial score (nSPS) is 10.5. The second-order valence-electron chi connectivity index (χ2n) is 3.08. The van der Waals surface area contributed by atoms with Crippen molar-refractivity contribution in [3.63, 3.8) is 0 Å². The first-order valence-electron chi connectivity index (χ1n) is 3.95. The summed E-state index contributed by atoms with van der Waals surface area (Å²) in [5, 5.41) is 13.3. The Morgan fingerprint density at radius 2 is 1.92 bits per heavy atom. The first-order chi connectivity index (χ1) is 6.00. The Balaban J connectivity index is 3.05. The van der Waals surface area contributed by atoms with Crippen LogP contribution in [-0.2, 0) is 0 Å². The quantitative estimate of drug-likeness (QED) is 0.747. The van der Waals surface area contributed by atoms with Crippen molar-refractivity contribution in [3.05, 3.63) is 22.2 Å². The summed E-state index contributed by atoms with van der Waals surface area (Å²) < 4.78 is 0. The van der Waals surface area contributed by atoms with Gasteiger partial charge in [-0.05, 0) is 26.0 Å². The molecule has 0 heterocycles. The third-order valence-electron chi connectivity index (χ3n) is 1.47. The largest absolute Gasteiger partial charge is 0.504 e. The van der Waals surface area contributed by atoms with Crippen molar-refractivity contribution >= 4 is 28.9 Å². The van der Waals surface area contributed by atoms with Crippen LogP contribution in [0.2, 0.25) is 10.0 Å². The van der Waals surface area contributed by atoms with Crippen LogP contribution in [0.5, 0.6) is 5.75 Å². The molecule has 72 valence electrons. The maximum absolute atomic E-state index is 9.52. The van der Waals surface area contributed by atoms with Crippen molar-refractivity contribution in [2.45, 2.75) is 19.9 Å². The predicted octanol–water partition coefficient (Wildman–Crippen LogP) is 3.52. The molecule has 0 fully saturated rings. The van der Waals surface area contributed by atoms with Gasteiger partial charge in [-0.15, -0.1) is 0 Å². The van der Waals surface area contributed by atoms with Crippen molar-refractivity contribution in [2.24, 2.45) is 0 Å². The first kappa shape index (κ1) is 10.5. The lowest BCUT2D eigenvalue weighted by atomic mass is 10.2. The van der Waals surface area contributed by atoms with Crippen LogP contribution in [0.4, 0.5) is 5.69 Å². The van der Waals surface area contributed by atoms with Gasteiger partial charge in [0.15, 0.2) is 5.75 Å². The van der Waals surface area contributed by atoms with E-state index >= 15 is 0 Å². The number of hydrogen-bond donors (Lipinski definition) is 2. The molecule has 1 aromatic carbocycles. The minimum atomic E-state index is 0.0415. The molecule has 0 aromatic heterocycles. The summed E-state index contributed by atoms with van der Waals surface area (Å²) in [7, 11) is 0. The molecule has 0 atom stereocenters. The van der Waals surface area contributed by atoms with Gasteiger partial charge in [0.25, 0.3) is 0 Å². The number of halogens is 2. The van der Waals surface area contributed by atoms with Crippen LogP contribution in [0.15, 0.2) is 12.1 Å². The van der Waals surface area contributed by atoms with E-state index in [9.17, 15) is 5.11 Å². The highest BCUT2D eigenvalue weighted by Crippen LogP contribution is 2.35. The average molecular weight is 220 g/mol. The lowest BCUT2D eigenvalue weighted by Crippen LogP contribution is -2.09. The molecule has 0 amide bonds. The smallest absolute Gasteiger partial charge is 0.157 e. The number of phenolic OH excluding ortho intramolecular Hbond substituents is 1. The fraction of sp³-hybridized carbons (Fsp3) is 0.333. The molecule has 0 spiro atoms. The Bertz CT molecular complexity index is 313. The van der Waals surface area contributed by atoms with E-state index < -0.39 is 0 Å². The van der Waals surface area contributed by atoms with Crippen LogP contribution in [0.1, 0.15) is 13.8 Å². The molecule has 0 radical (unpaired) electrons. The molecule has 1 rings (SSSR count). The molecule has 0 aliphatic heterocycles. The Morgan fingerprint density at radius 1 is 1.31 bits per heavy atom. The highest BCUT2D eigenvalue weighted by atomic mass is 35.5. The molecule has 2 nitrogen and oxygen atoms in total. The zero-order valence-electron chi connectivity index (χ0n) is 7.44. The lowest BCUT2D eigenvalue weighted by molar-refractivity contribution is 0.477. The summed E-state index contributed by atoms with van der Waals surface area (Å²) >= 11 is 11.5. The number of aromatic hydroxyl groups is 1. The molecule has 2 N–H and O–H groups in total. The molecular weight excluding hydrogens is 209 g/mol. The topological polar surface area (TPSA) is 32.3 Å². The molecular formula is C9H11Cl2NO. The average Bonchev–Trinajstić information content (AvgIpc) is 1.98. The van der Waals surface area contributed by atoms with Gasteiger partial charge in [0.1, 0.15) is 0 Å². The van der Waals surface area contributed by atoms with Crippen LogP contribution in [0, 0.1) is 0 Å². The van der Waals surface area contributed by atoms with Crippen LogP contribution >= 0.6 is 23.2 Å². The van der Waals surface area contributed by atoms with Gasteiger partial charge in [-0.3, -0.25) is 0 Å². The summed E-state index contributed by atoms with van der Waals surface area (Å²) in [5.41, 5.74) is 0.563. The standard InChI is InChI=1S/C9H11Cl2NO/c1-5(2)12-8-4-6(10)3-7(11)9(8)13/h3-5,12-13H,1-2H3. The van der Waals surface area contributed by atoms with E-state index in [0.717, 1.165) is 0 Å². The van der Waals surface area contributed by atoms with Crippen LogP contribution in [0.25, 0.3) is 0 Å². The Labute approximate surface area is 87.5 Å². The molecule has 0 saturated carbocycles. The zero-order valence-corrected chi connectivity index (χ0v) is 8.95. The maximum atomic E-state index is 9.52. The molecule has 4 heteroatoms. The van der Waals surface area contributed by atoms with E-state index in [1.165, 1.54) is 6.07 Å². The molecule has 0 unspecified atom stereocenters. The van der Waals surface area contributed by atoms with Gasteiger partial charge >= 0.3 is 0 Å². The molecule has 0 aliphatic rings. The van der Waals surface area contributed by atoms with Gasteiger partial charge in [0.05, 0.1) is 10.7 Å². The molecule has 0 aliphatic carbocycles. The lowest BCUT2D eigenvalue weighted by Gasteiger charge is -2.12. The summed E-state index contributed by atoms with van der Waals surface area (Å²) in [5.74, 6) is 0.0415. The van der Waals surface area contributed by atoms with Crippen molar-refractivity contribution in [1.82, 2.24) is 0 Å². The van der Waals surface area contributed by atoms with Gasteiger partial charge in [-0.25, -0.2) is 0 Å². The number of nitrogens with one attached hydrogen (secondary N) is 1. The summed E-state index contributed by atoms with van der Waals surface area (Å²) in [6.07, 6.45) is 0. The SMILES string of the molecule is CC(C)Nc1cc(Cl)cc(Cl)c1O. The highest BCUT2D eigenvalue weighted by Gasteiger charge is 2.07. The van der Waals surface area contributed by atoms with E-state index in [0.29, 0.717) is 10.7 Å². The second-order valence-corrected chi connectivity index (χ2v) is 3.93. The highest BCUT2D eigenvalue weighted by molar-refractivity contribution is 6.36. The molecule has 0 saturated heterocycles. The minimum Gasteiger partial charge on any atom is -0.504 e. The van der Waals surface area contributed by atoms with Gasteiger partial charge in [-0.1, -0.05) is 23.2 Å².